The number of rotatable bonds is 4. The van der Waals surface area contributed by atoms with E-state index in [0.29, 0.717) is 5.56 Å². The average molecular weight is 341 g/mol. The van der Waals surface area contributed by atoms with E-state index in [1.807, 2.05) is 0 Å². The van der Waals surface area contributed by atoms with Crippen LogP contribution in [0.15, 0.2) is 15.8 Å². The monoisotopic (exact) mass is 340 g/mol. The van der Waals surface area contributed by atoms with Crippen LogP contribution < -0.4 is 11.2 Å². The molecule has 3 atom stereocenters. The molecule has 11 heteroatoms. The number of aromatic amines is 1. The molecule has 1 aliphatic rings. The van der Waals surface area contributed by atoms with E-state index in [-0.39, 0.29) is 6.42 Å². The number of nitrogens with zero attached hydrogens (tertiary/aromatic N) is 1. The Morgan fingerprint density at radius 2 is 2.24 bits per heavy atom. The molecule has 0 aromatic carbocycles. The summed E-state index contributed by atoms with van der Waals surface area (Å²) in [6.45, 7) is 1.04. The molecule has 2 rings (SSSR count). The summed E-state index contributed by atoms with van der Waals surface area (Å²) < 4.78 is 32.2. The predicted molar refractivity (Wildman–Crippen MR) is 71.3 cm³/mol. The normalized spacial score (nSPS) is 26.1. The fourth-order valence-corrected chi connectivity index (χ4v) is 2.44. The first-order chi connectivity index (χ1) is 9.67. The van der Waals surface area contributed by atoms with Crippen LogP contribution in [-0.4, -0.2) is 41.9 Å². The Hall–Kier alpha value is -1.20. The van der Waals surface area contributed by atoms with Crippen molar-refractivity contribution in [1.82, 2.24) is 9.55 Å². The van der Waals surface area contributed by atoms with Gasteiger partial charge in [0.2, 0.25) is 0 Å². The highest BCUT2D eigenvalue weighted by atomic mass is 35.7. The molecule has 21 heavy (non-hydrogen) atoms. The summed E-state index contributed by atoms with van der Waals surface area (Å²) >= 11 is 0. The number of hydrogen-bond acceptors (Lipinski definition) is 7. The molecule has 0 saturated carbocycles. The molecule has 0 spiro atoms. The van der Waals surface area contributed by atoms with Crippen LogP contribution in [0.5, 0.6) is 0 Å². The van der Waals surface area contributed by atoms with Gasteiger partial charge < -0.3 is 9.84 Å². The Labute approximate surface area is 123 Å². The van der Waals surface area contributed by atoms with Crippen molar-refractivity contribution < 1.29 is 22.4 Å². The van der Waals surface area contributed by atoms with E-state index in [0.717, 1.165) is 4.57 Å². The minimum Gasteiger partial charge on any atom is -0.390 e. The van der Waals surface area contributed by atoms with Gasteiger partial charge >= 0.3 is 15.0 Å². The van der Waals surface area contributed by atoms with Crippen LogP contribution in [-0.2, 0) is 18.3 Å². The SMILES string of the molecule is Cc1cn([C@H]2C[C@H](O)[C@@H](COS(=O)(=O)Cl)O2)c(=O)[nH]c1=O. The van der Waals surface area contributed by atoms with Crippen molar-refractivity contribution >= 4 is 20.0 Å². The molecular weight excluding hydrogens is 328 g/mol. The average Bonchev–Trinajstić information content (AvgIpc) is 2.72. The van der Waals surface area contributed by atoms with E-state index in [9.17, 15) is 23.1 Å². The van der Waals surface area contributed by atoms with E-state index in [1.165, 1.54) is 13.1 Å². The highest BCUT2D eigenvalue weighted by Crippen LogP contribution is 2.28. The van der Waals surface area contributed by atoms with Crippen LogP contribution in [0.2, 0.25) is 0 Å². The molecule has 1 saturated heterocycles. The van der Waals surface area contributed by atoms with Gasteiger partial charge in [0.1, 0.15) is 12.3 Å². The second-order valence-electron chi connectivity index (χ2n) is 4.59. The zero-order chi connectivity index (χ0) is 15.8. The number of nitrogens with one attached hydrogen (secondary N) is 1. The third-order valence-electron chi connectivity index (χ3n) is 3.03. The summed E-state index contributed by atoms with van der Waals surface area (Å²) in [7, 11) is 0.721. The zero-order valence-corrected chi connectivity index (χ0v) is 12.4. The van der Waals surface area contributed by atoms with Crippen molar-refractivity contribution in [3.8, 4) is 0 Å². The second kappa shape index (κ2) is 5.89. The van der Waals surface area contributed by atoms with Gasteiger partial charge in [-0.25, -0.2) is 4.79 Å². The van der Waals surface area contributed by atoms with E-state index >= 15 is 0 Å². The van der Waals surface area contributed by atoms with Crippen LogP contribution in [0.1, 0.15) is 18.2 Å². The third-order valence-corrected chi connectivity index (χ3v) is 3.72. The maximum absolute atomic E-state index is 11.7. The quantitative estimate of drug-likeness (QED) is 0.672. The first-order valence-corrected chi connectivity index (χ1v) is 8.15. The number of H-pyrrole nitrogens is 1. The van der Waals surface area contributed by atoms with Gasteiger partial charge in [0.25, 0.3) is 5.56 Å². The van der Waals surface area contributed by atoms with Gasteiger partial charge in [-0.05, 0) is 6.92 Å². The molecule has 2 heterocycles. The van der Waals surface area contributed by atoms with Gasteiger partial charge in [0.05, 0.1) is 12.7 Å². The van der Waals surface area contributed by atoms with Crippen LogP contribution in [0, 0.1) is 6.92 Å². The van der Waals surface area contributed by atoms with Crippen LogP contribution in [0.4, 0.5) is 0 Å². The smallest absolute Gasteiger partial charge is 0.355 e. The lowest BCUT2D eigenvalue weighted by atomic mass is 10.2. The molecule has 0 amide bonds. The highest BCUT2D eigenvalue weighted by Gasteiger charge is 2.36. The molecule has 0 unspecified atom stereocenters. The molecule has 1 aromatic heterocycles. The topological polar surface area (TPSA) is 128 Å². The minimum atomic E-state index is -4.17. The maximum atomic E-state index is 11.7. The van der Waals surface area contributed by atoms with Gasteiger partial charge in [0, 0.05) is 28.9 Å². The van der Waals surface area contributed by atoms with E-state index < -0.39 is 45.6 Å². The van der Waals surface area contributed by atoms with Crippen LogP contribution in [0.3, 0.4) is 0 Å². The second-order valence-corrected chi connectivity index (χ2v) is 6.74. The Balaban J connectivity index is 2.16. The standard InChI is InChI=1S/C10H13ClN2O7S/c1-5-3-13(10(16)12-9(5)15)8-2-6(14)7(20-8)4-19-21(11,17)18/h3,6-8,14H,2,4H2,1H3,(H,12,15,16)/t6-,7+,8+/m0/s1. The van der Waals surface area contributed by atoms with Gasteiger partial charge in [0.15, 0.2) is 0 Å². The number of halogens is 1. The number of aliphatic hydroxyl groups is 1. The molecule has 1 fully saturated rings. The highest BCUT2D eigenvalue weighted by molar-refractivity contribution is 8.09. The summed E-state index contributed by atoms with van der Waals surface area (Å²) in [5.41, 5.74) is -0.895. The summed E-state index contributed by atoms with van der Waals surface area (Å²) in [6.07, 6.45) is -1.48. The molecule has 118 valence electrons. The fraction of sp³-hybridized carbons (Fsp3) is 0.600. The summed E-state index contributed by atoms with van der Waals surface area (Å²) in [4.78, 5) is 25.1. The van der Waals surface area contributed by atoms with Crippen molar-refractivity contribution in [2.75, 3.05) is 6.61 Å². The number of aryl methyl sites for hydroxylation is 1. The lowest BCUT2D eigenvalue weighted by Gasteiger charge is -2.15. The van der Waals surface area contributed by atoms with Crippen LogP contribution >= 0.6 is 10.7 Å². The lowest BCUT2D eigenvalue weighted by molar-refractivity contribution is -0.0395. The minimum absolute atomic E-state index is 0.0434. The van der Waals surface area contributed by atoms with Crippen molar-refractivity contribution in [2.45, 2.75) is 31.8 Å². The summed E-state index contributed by atoms with van der Waals surface area (Å²) in [5.74, 6) is 0. The predicted octanol–water partition coefficient (Wildman–Crippen LogP) is -1.01. The molecule has 2 N–H and O–H groups in total. The molecule has 1 aromatic rings. The third kappa shape index (κ3) is 3.92. The first-order valence-electron chi connectivity index (χ1n) is 5.92. The first kappa shape index (κ1) is 16.2. The lowest BCUT2D eigenvalue weighted by Crippen LogP contribution is -2.33. The van der Waals surface area contributed by atoms with E-state index in [2.05, 4.69) is 9.17 Å². The zero-order valence-electron chi connectivity index (χ0n) is 10.9. The Morgan fingerprint density at radius 3 is 2.86 bits per heavy atom. The number of hydrogen-bond donors (Lipinski definition) is 2. The van der Waals surface area contributed by atoms with Crippen molar-refractivity contribution in [1.29, 1.82) is 0 Å². The summed E-state index contributed by atoms with van der Waals surface area (Å²) in [5, 5.41) is 9.80. The van der Waals surface area contributed by atoms with Crippen molar-refractivity contribution in [3.63, 3.8) is 0 Å². The molecular formula is C10H13ClN2O7S. The van der Waals surface area contributed by atoms with Gasteiger partial charge in [-0.1, -0.05) is 0 Å². The molecule has 0 bridgehead atoms. The molecule has 0 radical (unpaired) electrons. The molecule has 1 aliphatic heterocycles. The van der Waals surface area contributed by atoms with Gasteiger partial charge in [-0.15, -0.1) is 0 Å². The molecule has 9 nitrogen and oxygen atoms in total. The van der Waals surface area contributed by atoms with Crippen molar-refractivity contribution in [2.24, 2.45) is 0 Å². The Bertz CT molecular complexity index is 741. The molecule has 0 aliphatic carbocycles. The Morgan fingerprint density at radius 1 is 1.57 bits per heavy atom. The Kier molecular flexibility index (Phi) is 4.54. The van der Waals surface area contributed by atoms with Gasteiger partial charge in [-0.2, -0.15) is 8.42 Å². The number of ether oxygens (including phenoxy) is 1. The fourth-order valence-electron chi connectivity index (χ4n) is 1.98. The number of aromatic nitrogens is 2. The van der Waals surface area contributed by atoms with E-state index in [1.54, 1.807) is 0 Å². The maximum Gasteiger partial charge on any atom is 0.355 e. The van der Waals surface area contributed by atoms with E-state index in [4.69, 9.17) is 15.4 Å². The number of aliphatic hydroxyl groups excluding tert-OH is 1. The van der Waals surface area contributed by atoms with Crippen LogP contribution in [0.25, 0.3) is 0 Å². The largest absolute Gasteiger partial charge is 0.390 e. The summed E-state index contributed by atoms with van der Waals surface area (Å²) in [6, 6.07) is 0. The van der Waals surface area contributed by atoms with Gasteiger partial charge in [-0.3, -0.25) is 18.5 Å². The van der Waals surface area contributed by atoms with Crippen molar-refractivity contribution in [3.05, 3.63) is 32.6 Å².